The monoisotopic (exact) mass is 293 g/mol. The Balaban J connectivity index is 2.50. The molecule has 1 heterocycles. The van der Waals surface area contributed by atoms with Gasteiger partial charge in [0.2, 0.25) is 0 Å². The summed E-state index contributed by atoms with van der Waals surface area (Å²) in [5, 5.41) is 20.1. The Labute approximate surface area is 122 Å². The van der Waals surface area contributed by atoms with E-state index in [0.29, 0.717) is 0 Å². The molecule has 1 aromatic carbocycles. The SMILES string of the molecule is CC1(C)OB(c2cc([N+](=O)[O-])ccc2C(=O)O)OC1(C)C. The van der Waals surface area contributed by atoms with Crippen LogP contribution in [0.25, 0.3) is 0 Å². The predicted octanol–water partition coefficient (Wildman–Crippen LogP) is 1.59. The van der Waals surface area contributed by atoms with E-state index in [9.17, 15) is 20.0 Å². The van der Waals surface area contributed by atoms with Crippen LogP contribution >= 0.6 is 0 Å². The van der Waals surface area contributed by atoms with Gasteiger partial charge < -0.3 is 14.4 Å². The molecular weight excluding hydrogens is 277 g/mol. The quantitative estimate of drug-likeness (QED) is 0.516. The molecular formula is C13H16BNO6. The Morgan fingerprint density at radius 2 is 1.76 bits per heavy atom. The Morgan fingerprint density at radius 1 is 1.24 bits per heavy atom. The molecule has 0 amide bonds. The molecule has 0 saturated carbocycles. The maximum atomic E-state index is 11.3. The topological polar surface area (TPSA) is 98.9 Å². The van der Waals surface area contributed by atoms with E-state index >= 15 is 0 Å². The zero-order chi connectivity index (χ0) is 16.0. The lowest BCUT2D eigenvalue weighted by atomic mass is 9.75. The van der Waals surface area contributed by atoms with Gasteiger partial charge in [-0.25, -0.2) is 4.79 Å². The molecule has 0 unspecified atom stereocenters. The van der Waals surface area contributed by atoms with Crippen molar-refractivity contribution in [1.82, 2.24) is 0 Å². The minimum atomic E-state index is -1.19. The predicted molar refractivity (Wildman–Crippen MR) is 75.8 cm³/mol. The van der Waals surface area contributed by atoms with Gasteiger partial charge in [-0.1, -0.05) is 0 Å². The summed E-state index contributed by atoms with van der Waals surface area (Å²) in [6, 6.07) is 3.53. The molecule has 7 nitrogen and oxygen atoms in total. The average molecular weight is 293 g/mol. The smallest absolute Gasteiger partial charge is 0.478 e. The molecule has 0 atom stereocenters. The van der Waals surface area contributed by atoms with Gasteiger partial charge in [-0.05, 0) is 33.8 Å². The summed E-state index contributed by atoms with van der Waals surface area (Å²) in [5.74, 6) is -1.19. The van der Waals surface area contributed by atoms with Crippen molar-refractivity contribution < 1.29 is 24.1 Å². The van der Waals surface area contributed by atoms with Crippen molar-refractivity contribution in [2.75, 3.05) is 0 Å². The molecule has 0 bridgehead atoms. The molecule has 8 heteroatoms. The van der Waals surface area contributed by atoms with Crippen LogP contribution in [0.2, 0.25) is 0 Å². The summed E-state index contributed by atoms with van der Waals surface area (Å²) in [5.41, 5.74) is -1.44. The maximum absolute atomic E-state index is 11.3. The molecule has 1 saturated heterocycles. The second-order valence-corrected chi connectivity index (χ2v) is 5.92. The lowest BCUT2D eigenvalue weighted by molar-refractivity contribution is -0.384. The first kappa shape index (κ1) is 15.5. The number of nitrogens with zero attached hydrogens (tertiary/aromatic N) is 1. The van der Waals surface area contributed by atoms with E-state index in [1.807, 2.05) is 27.7 Å². The Hall–Kier alpha value is -1.93. The molecule has 2 rings (SSSR count). The largest absolute Gasteiger partial charge is 0.495 e. The van der Waals surface area contributed by atoms with Crippen molar-refractivity contribution in [3.8, 4) is 0 Å². The number of carboxylic acid groups (broad SMARTS) is 1. The molecule has 1 aliphatic heterocycles. The number of nitro benzene ring substituents is 1. The third kappa shape index (κ3) is 2.64. The van der Waals surface area contributed by atoms with E-state index < -0.39 is 29.2 Å². The fourth-order valence-electron chi connectivity index (χ4n) is 2.02. The van der Waals surface area contributed by atoms with Crippen molar-refractivity contribution in [2.45, 2.75) is 38.9 Å². The fourth-order valence-corrected chi connectivity index (χ4v) is 2.02. The van der Waals surface area contributed by atoms with E-state index in [0.717, 1.165) is 6.07 Å². The average Bonchev–Trinajstić information content (AvgIpc) is 2.57. The van der Waals surface area contributed by atoms with Crippen LogP contribution in [0.5, 0.6) is 0 Å². The molecule has 0 aromatic heterocycles. The highest BCUT2D eigenvalue weighted by Crippen LogP contribution is 2.36. The molecule has 1 aliphatic rings. The molecule has 112 valence electrons. The number of hydrogen-bond acceptors (Lipinski definition) is 5. The first-order valence-corrected chi connectivity index (χ1v) is 6.42. The summed E-state index contributed by atoms with van der Waals surface area (Å²) in [4.78, 5) is 21.6. The standard InChI is InChI=1S/C13H16BNO6/c1-12(2)13(3,4)21-14(20-12)10-7-8(15(18)19)5-6-9(10)11(16)17/h5-7H,1-4H3,(H,16,17). The van der Waals surface area contributed by atoms with Gasteiger partial charge in [0.25, 0.3) is 5.69 Å². The minimum absolute atomic E-state index is 0.0703. The van der Waals surface area contributed by atoms with Crippen molar-refractivity contribution >= 4 is 24.2 Å². The van der Waals surface area contributed by atoms with E-state index in [4.69, 9.17) is 9.31 Å². The van der Waals surface area contributed by atoms with Crippen molar-refractivity contribution in [3.63, 3.8) is 0 Å². The highest BCUT2D eigenvalue weighted by Gasteiger charge is 2.52. The van der Waals surface area contributed by atoms with Crippen LogP contribution in [0.4, 0.5) is 5.69 Å². The molecule has 0 radical (unpaired) electrons. The molecule has 0 spiro atoms. The number of rotatable bonds is 3. The van der Waals surface area contributed by atoms with Crippen LogP contribution in [0.1, 0.15) is 38.1 Å². The van der Waals surface area contributed by atoms with Crippen LogP contribution in [-0.2, 0) is 9.31 Å². The van der Waals surface area contributed by atoms with Gasteiger partial charge in [0.1, 0.15) is 0 Å². The first-order valence-electron chi connectivity index (χ1n) is 6.42. The number of nitro groups is 1. The van der Waals surface area contributed by atoms with Gasteiger partial charge >= 0.3 is 13.1 Å². The van der Waals surface area contributed by atoms with Crippen LogP contribution in [0.3, 0.4) is 0 Å². The normalized spacial score (nSPS) is 19.5. The highest BCUT2D eigenvalue weighted by atomic mass is 16.7. The number of non-ortho nitro benzene ring substituents is 1. The number of aromatic carboxylic acids is 1. The maximum Gasteiger partial charge on any atom is 0.495 e. The van der Waals surface area contributed by atoms with Crippen LogP contribution < -0.4 is 5.46 Å². The van der Waals surface area contributed by atoms with Gasteiger partial charge in [0.05, 0.1) is 21.7 Å². The minimum Gasteiger partial charge on any atom is -0.478 e. The van der Waals surface area contributed by atoms with Crippen molar-refractivity contribution in [1.29, 1.82) is 0 Å². The summed E-state index contributed by atoms with van der Waals surface area (Å²) in [7, 11) is -0.957. The third-order valence-electron chi connectivity index (χ3n) is 3.98. The number of carboxylic acids is 1. The Kier molecular flexibility index (Phi) is 3.55. The molecule has 1 aromatic rings. The van der Waals surface area contributed by atoms with Crippen LogP contribution in [-0.4, -0.2) is 34.3 Å². The lowest BCUT2D eigenvalue weighted by Gasteiger charge is -2.32. The summed E-state index contributed by atoms with van der Waals surface area (Å²) in [6.07, 6.45) is 0. The van der Waals surface area contributed by atoms with Gasteiger partial charge in [0, 0.05) is 17.6 Å². The van der Waals surface area contributed by atoms with Crippen molar-refractivity contribution in [2.24, 2.45) is 0 Å². The zero-order valence-electron chi connectivity index (χ0n) is 12.2. The molecule has 1 N–H and O–H groups in total. The van der Waals surface area contributed by atoms with Gasteiger partial charge in [-0.15, -0.1) is 0 Å². The van der Waals surface area contributed by atoms with Crippen LogP contribution in [0, 0.1) is 10.1 Å². The van der Waals surface area contributed by atoms with E-state index in [2.05, 4.69) is 0 Å². The second-order valence-electron chi connectivity index (χ2n) is 5.92. The van der Waals surface area contributed by atoms with E-state index in [1.165, 1.54) is 12.1 Å². The highest BCUT2D eigenvalue weighted by molar-refractivity contribution is 6.63. The fraction of sp³-hybridized carbons (Fsp3) is 0.462. The van der Waals surface area contributed by atoms with Gasteiger partial charge in [0.15, 0.2) is 0 Å². The molecule has 21 heavy (non-hydrogen) atoms. The van der Waals surface area contributed by atoms with Gasteiger partial charge in [-0.2, -0.15) is 0 Å². The van der Waals surface area contributed by atoms with E-state index in [1.54, 1.807) is 0 Å². The summed E-state index contributed by atoms with van der Waals surface area (Å²) in [6.45, 7) is 7.30. The Bertz CT molecular complexity index is 597. The summed E-state index contributed by atoms with van der Waals surface area (Å²) >= 11 is 0. The number of benzene rings is 1. The zero-order valence-corrected chi connectivity index (χ0v) is 12.2. The van der Waals surface area contributed by atoms with Gasteiger partial charge in [-0.3, -0.25) is 10.1 Å². The van der Waals surface area contributed by atoms with E-state index in [-0.39, 0.29) is 16.7 Å². The van der Waals surface area contributed by atoms with Crippen LogP contribution in [0.15, 0.2) is 18.2 Å². The van der Waals surface area contributed by atoms with Crippen molar-refractivity contribution in [3.05, 3.63) is 33.9 Å². The number of hydrogen-bond donors (Lipinski definition) is 1. The molecule has 0 aliphatic carbocycles. The first-order chi connectivity index (χ1) is 9.55. The Morgan fingerprint density at radius 3 is 2.19 bits per heavy atom. The molecule has 1 fully saturated rings. The second kappa shape index (κ2) is 4.82. The summed E-state index contributed by atoms with van der Waals surface area (Å²) < 4.78 is 11.5. The number of carbonyl (C=O) groups is 1. The lowest BCUT2D eigenvalue weighted by Crippen LogP contribution is -2.41. The third-order valence-corrected chi connectivity index (χ3v) is 3.98.